The van der Waals surface area contributed by atoms with Crippen molar-refractivity contribution in [3.05, 3.63) is 35.4 Å². The summed E-state index contributed by atoms with van der Waals surface area (Å²) in [6, 6.07) is 7.32. The summed E-state index contributed by atoms with van der Waals surface area (Å²) in [4.78, 5) is 13.2. The molecule has 0 saturated heterocycles. The van der Waals surface area contributed by atoms with Crippen molar-refractivity contribution >= 4 is 6.08 Å². The van der Waals surface area contributed by atoms with Crippen molar-refractivity contribution in [3.63, 3.8) is 0 Å². The van der Waals surface area contributed by atoms with Gasteiger partial charge in [0.25, 0.3) is 0 Å². The van der Waals surface area contributed by atoms with Crippen molar-refractivity contribution in [2.24, 2.45) is 4.99 Å². The number of aliphatic imine (C=N–C) groups is 1. The van der Waals surface area contributed by atoms with Crippen molar-refractivity contribution in [1.29, 1.82) is 0 Å². The quantitative estimate of drug-likeness (QED) is 0.363. The number of hydrogen-bond donors (Lipinski definition) is 0. The third-order valence-corrected chi connectivity index (χ3v) is 1.45. The van der Waals surface area contributed by atoms with Crippen LogP contribution in [0.2, 0.25) is 0 Å². The highest BCUT2D eigenvalue weighted by Gasteiger charge is 1.89. The maximum atomic E-state index is 9.78. The minimum atomic E-state index is 0.369. The number of isocyanates is 1. The molecular formula is C10H7NO. The standard InChI is InChI=1S/C10H7NO/c1-2-9-3-5-10(6-4-9)7-11-8-12/h1,3-6H,7H2. The third kappa shape index (κ3) is 2.09. The zero-order valence-corrected chi connectivity index (χ0v) is 6.45. The van der Waals surface area contributed by atoms with E-state index in [9.17, 15) is 4.79 Å². The minimum Gasteiger partial charge on any atom is -0.211 e. The van der Waals surface area contributed by atoms with Crippen LogP contribution in [0.15, 0.2) is 29.3 Å². The van der Waals surface area contributed by atoms with E-state index >= 15 is 0 Å². The summed E-state index contributed by atoms with van der Waals surface area (Å²) < 4.78 is 0. The van der Waals surface area contributed by atoms with E-state index in [4.69, 9.17) is 6.42 Å². The predicted molar refractivity (Wildman–Crippen MR) is 46.2 cm³/mol. The summed E-state index contributed by atoms with van der Waals surface area (Å²) in [5.41, 5.74) is 1.78. The molecule has 0 fully saturated rings. The average molecular weight is 157 g/mol. The van der Waals surface area contributed by atoms with Crippen LogP contribution in [-0.2, 0) is 11.3 Å². The fraction of sp³-hybridized carbons (Fsp3) is 0.100. The van der Waals surface area contributed by atoms with E-state index in [1.807, 2.05) is 24.3 Å². The van der Waals surface area contributed by atoms with Crippen LogP contribution < -0.4 is 0 Å². The Balaban J connectivity index is 2.79. The molecule has 0 spiro atoms. The summed E-state index contributed by atoms with van der Waals surface area (Å²) in [5, 5.41) is 0. The van der Waals surface area contributed by atoms with E-state index in [1.165, 1.54) is 6.08 Å². The number of terminal acetylenes is 1. The zero-order chi connectivity index (χ0) is 8.81. The molecule has 2 nitrogen and oxygen atoms in total. The predicted octanol–water partition coefficient (Wildman–Crippen LogP) is 1.50. The normalized spacial score (nSPS) is 8.25. The van der Waals surface area contributed by atoms with Crippen LogP contribution in [-0.4, -0.2) is 6.08 Å². The molecule has 0 amide bonds. The Morgan fingerprint density at radius 1 is 1.33 bits per heavy atom. The van der Waals surface area contributed by atoms with E-state index in [2.05, 4.69) is 10.9 Å². The first kappa shape index (κ1) is 8.26. The van der Waals surface area contributed by atoms with Gasteiger partial charge in [0.1, 0.15) is 0 Å². The fourth-order valence-electron chi connectivity index (χ4n) is 0.830. The van der Waals surface area contributed by atoms with Gasteiger partial charge in [0, 0.05) is 5.56 Å². The highest BCUT2D eigenvalue weighted by Crippen LogP contribution is 2.03. The SMILES string of the molecule is C#Cc1ccc(CN=C=O)cc1. The second kappa shape index (κ2) is 4.12. The lowest BCUT2D eigenvalue weighted by Crippen LogP contribution is -1.80. The molecule has 0 radical (unpaired) electrons. The highest BCUT2D eigenvalue weighted by atomic mass is 16.1. The second-order valence-electron chi connectivity index (χ2n) is 2.25. The van der Waals surface area contributed by atoms with Crippen molar-refractivity contribution < 1.29 is 4.79 Å². The number of benzene rings is 1. The molecule has 2 heteroatoms. The van der Waals surface area contributed by atoms with Gasteiger partial charge in [0.2, 0.25) is 6.08 Å². The molecule has 0 N–H and O–H groups in total. The number of nitrogens with zero attached hydrogens (tertiary/aromatic N) is 1. The first-order chi connectivity index (χ1) is 5.86. The summed E-state index contributed by atoms with van der Waals surface area (Å²) in [6.45, 7) is 0.369. The monoisotopic (exact) mass is 157 g/mol. The third-order valence-electron chi connectivity index (χ3n) is 1.45. The molecule has 0 heterocycles. The molecule has 0 aliphatic rings. The molecular weight excluding hydrogens is 150 g/mol. The second-order valence-corrected chi connectivity index (χ2v) is 2.25. The number of rotatable bonds is 2. The van der Waals surface area contributed by atoms with Crippen LogP contribution >= 0.6 is 0 Å². The Labute approximate surface area is 70.9 Å². The van der Waals surface area contributed by atoms with Gasteiger partial charge in [-0.25, -0.2) is 9.79 Å². The van der Waals surface area contributed by atoms with Gasteiger partial charge in [-0.15, -0.1) is 6.42 Å². The molecule has 0 aliphatic heterocycles. The molecule has 1 rings (SSSR count). The Morgan fingerprint density at radius 2 is 2.00 bits per heavy atom. The molecule has 1 aromatic carbocycles. The molecule has 0 aromatic heterocycles. The largest absolute Gasteiger partial charge is 0.235 e. The van der Waals surface area contributed by atoms with E-state index in [1.54, 1.807) is 0 Å². The Hall–Kier alpha value is -1.84. The summed E-state index contributed by atoms with van der Waals surface area (Å²) >= 11 is 0. The molecule has 58 valence electrons. The van der Waals surface area contributed by atoms with Gasteiger partial charge in [-0.3, -0.25) is 0 Å². The van der Waals surface area contributed by atoms with Gasteiger partial charge in [0.15, 0.2) is 0 Å². The summed E-state index contributed by atoms with van der Waals surface area (Å²) in [6.07, 6.45) is 6.64. The molecule has 1 aromatic rings. The molecule has 0 atom stereocenters. The van der Waals surface area contributed by atoms with Crippen LogP contribution in [0.3, 0.4) is 0 Å². The van der Waals surface area contributed by atoms with Crippen molar-refractivity contribution in [3.8, 4) is 12.3 Å². The number of carbonyl (C=O) groups excluding carboxylic acids is 1. The molecule has 0 unspecified atom stereocenters. The van der Waals surface area contributed by atoms with Crippen molar-refractivity contribution in [2.45, 2.75) is 6.54 Å². The lowest BCUT2D eigenvalue weighted by atomic mass is 10.1. The first-order valence-electron chi connectivity index (χ1n) is 3.46. The number of hydrogen-bond acceptors (Lipinski definition) is 2. The Bertz CT molecular complexity index is 339. The van der Waals surface area contributed by atoms with E-state index in [0.717, 1.165) is 11.1 Å². The van der Waals surface area contributed by atoms with Crippen LogP contribution in [0.1, 0.15) is 11.1 Å². The van der Waals surface area contributed by atoms with E-state index < -0.39 is 0 Å². The van der Waals surface area contributed by atoms with Gasteiger partial charge >= 0.3 is 0 Å². The van der Waals surface area contributed by atoms with Gasteiger partial charge < -0.3 is 0 Å². The maximum Gasteiger partial charge on any atom is 0.235 e. The summed E-state index contributed by atoms with van der Waals surface area (Å²) in [5.74, 6) is 2.50. The molecule has 0 aliphatic carbocycles. The molecule has 0 saturated carbocycles. The topological polar surface area (TPSA) is 29.4 Å². The van der Waals surface area contributed by atoms with Gasteiger partial charge in [-0.1, -0.05) is 18.1 Å². The lowest BCUT2D eigenvalue weighted by Gasteiger charge is -1.93. The van der Waals surface area contributed by atoms with Gasteiger partial charge in [-0.2, -0.15) is 0 Å². The average Bonchev–Trinajstić information content (AvgIpc) is 2.15. The van der Waals surface area contributed by atoms with Crippen LogP contribution in [0.25, 0.3) is 0 Å². The smallest absolute Gasteiger partial charge is 0.211 e. The Kier molecular flexibility index (Phi) is 2.84. The van der Waals surface area contributed by atoms with Crippen LogP contribution in [0.4, 0.5) is 0 Å². The minimum absolute atomic E-state index is 0.369. The van der Waals surface area contributed by atoms with E-state index in [-0.39, 0.29) is 0 Å². The summed E-state index contributed by atoms with van der Waals surface area (Å²) in [7, 11) is 0. The van der Waals surface area contributed by atoms with Crippen molar-refractivity contribution in [1.82, 2.24) is 0 Å². The van der Waals surface area contributed by atoms with Crippen molar-refractivity contribution in [2.75, 3.05) is 0 Å². The van der Waals surface area contributed by atoms with Gasteiger partial charge in [0.05, 0.1) is 6.54 Å². The van der Waals surface area contributed by atoms with E-state index in [0.29, 0.717) is 6.54 Å². The Morgan fingerprint density at radius 3 is 2.50 bits per heavy atom. The van der Waals surface area contributed by atoms with Crippen LogP contribution in [0.5, 0.6) is 0 Å². The first-order valence-corrected chi connectivity index (χ1v) is 3.46. The molecule has 0 bridgehead atoms. The lowest BCUT2D eigenvalue weighted by molar-refractivity contribution is 0.563. The zero-order valence-electron chi connectivity index (χ0n) is 6.45. The maximum absolute atomic E-state index is 9.78. The fourth-order valence-corrected chi connectivity index (χ4v) is 0.830. The van der Waals surface area contributed by atoms with Crippen LogP contribution in [0, 0.1) is 12.3 Å². The molecule has 12 heavy (non-hydrogen) atoms. The highest BCUT2D eigenvalue weighted by molar-refractivity contribution is 5.36. The van der Waals surface area contributed by atoms with Gasteiger partial charge in [-0.05, 0) is 17.7 Å².